The van der Waals surface area contributed by atoms with E-state index in [1.165, 1.54) is 0 Å². The Balaban J connectivity index is 1.61. The second-order valence-electron chi connectivity index (χ2n) is 5.89. The molecule has 136 valence electrons. The van der Waals surface area contributed by atoms with Gasteiger partial charge < -0.3 is 9.47 Å². The van der Waals surface area contributed by atoms with E-state index in [0.29, 0.717) is 13.2 Å². The van der Waals surface area contributed by atoms with Gasteiger partial charge in [0.25, 0.3) is 0 Å². The van der Waals surface area contributed by atoms with Gasteiger partial charge in [-0.2, -0.15) is 11.8 Å². The number of halogens is 2. The van der Waals surface area contributed by atoms with Crippen molar-refractivity contribution in [2.24, 2.45) is 0 Å². The zero-order valence-corrected chi connectivity index (χ0v) is 16.9. The van der Waals surface area contributed by atoms with Crippen LogP contribution in [0.1, 0.15) is 11.1 Å². The molecule has 25 heavy (non-hydrogen) atoms. The van der Waals surface area contributed by atoms with Crippen LogP contribution in [-0.2, 0) is 0 Å². The lowest BCUT2D eigenvalue weighted by Gasteiger charge is -2.15. The van der Waals surface area contributed by atoms with Gasteiger partial charge in [-0.3, -0.25) is 0 Å². The molecule has 2 nitrogen and oxygen atoms in total. The fourth-order valence-corrected chi connectivity index (χ4v) is 3.72. The molecule has 0 N–H and O–H groups in total. The molecule has 0 amide bonds. The Kier molecular flexibility index (Phi) is 8.80. The number of benzene rings is 2. The summed E-state index contributed by atoms with van der Waals surface area (Å²) >= 11 is 14.4. The fourth-order valence-electron chi connectivity index (χ4n) is 2.22. The third kappa shape index (κ3) is 7.39. The summed E-state index contributed by atoms with van der Waals surface area (Å²) in [5.74, 6) is 3.36. The van der Waals surface area contributed by atoms with Crippen LogP contribution in [0.5, 0.6) is 11.5 Å². The van der Waals surface area contributed by atoms with Gasteiger partial charge in [0.2, 0.25) is 0 Å². The maximum absolute atomic E-state index is 6.34. The number of hydrogen-bond acceptors (Lipinski definition) is 3. The van der Waals surface area contributed by atoms with E-state index < -0.39 is 0 Å². The Hall–Kier alpha value is -1.03. The van der Waals surface area contributed by atoms with Crippen molar-refractivity contribution >= 4 is 35.0 Å². The van der Waals surface area contributed by atoms with E-state index in [9.17, 15) is 0 Å². The van der Waals surface area contributed by atoms with Gasteiger partial charge in [0.05, 0.1) is 10.8 Å². The lowest BCUT2D eigenvalue weighted by molar-refractivity contribution is 0.318. The van der Waals surface area contributed by atoms with Gasteiger partial charge in [-0.25, -0.2) is 0 Å². The first kappa shape index (κ1) is 20.3. The van der Waals surface area contributed by atoms with Gasteiger partial charge >= 0.3 is 0 Å². The number of thioether (sulfide) groups is 1. The molecular weight excluding hydrogens is 375 g/mol. The number of aryl methyl sites for hydroxylation is 2. The predicted molar refractivity (Wildman–Crippen MR) is 110 cm³/mol. The highest BCUT2D eigenvalue weighted by Crippen LogP contribution is 2.20. The van der Waals surface area contributed by atoms with Crippen LogP contribution in [0.2, 0.25) is 0 Å². The van der Waals surface area contributed by atoms with E-state index in [1.807, 2.05) is 62.4 Å². The SMILES string of the molecule is Cc1ccccc1OCC(Cl)CSCC(Cl)COc1ccccc1C. The summed E-state index contributed by atoms with van der Waals surface area (Å²) in [4.78, 5) is 0. The van der Waals surface area contributed by atoms with Crippen molar-refractivity contribution in [1.29, 1.82) is 0 Å². The van der Waals surface area contributed by atoms with E-state index in [1.54, 1.807) is 11.8 Å². The van der Waals surface area contributed by atoms with Gasteiger partial charge in [0.1, 0.15) is 24.7 Å². The predicted octanol–water partition coefficient (Wildman–Crippen LogP) is 5.71. The number of rotatable bonds is 10. The van der Waals surface area contributed by atoms with E-state index in [2.05, 4.69) is 0 Å². The lowest BCUT2D eigenvalue weighted by atomic mass is 10.2. The summed E-state index contributed by atoms with van der Waals surface area (Å²) in [6, 6.07) is 15.9. The first-order valence-corrected chi connectivity index (χ1v) is 10.3. The molecule has 2 unspecified atom stereocenters. The first-order chi connectivity index (χ1) is 12.1. The maximum Gasteiger partial charge on any atom is 0.122 e. The minimum absolute atomic E-state index is 0.0502. The summed E-state index contributed by atoms with van der Waals surface area (Å²) in [7, 11) is 0. The monoisotopic (exact) mass is 398 g/mol. The van der Waals surface area contributed by atoms with Crippen LogP contribution in [0.3, 0.4) is 0 Å². The Bertz CT molecular complexity index is 596. The molecule has 0 bridgehead atoms. The van der Waals surface area contributed by atoms with Gasteiger partial charge in [-0.1, -0.05) is 36.4 Å². The second kappa shape index (κ2) is 10.8. The summed E-state index contributed by atoms with van der Waals surface area (Å²) in [6.45, 7) is 5.04. The zero-order chi connectivity index (χ0) is 18.1. The van der Waals surface area contributed by atoms with Crippen molar-refractivity contribution in [2.75, 3.05) is 24.7 Å². The molecule has 0 aromatic heterocycles. The standard InChI is InChI=1S/C20H24Cl2O2S/c1-15-7-3-5-9-19(15)23-11-17(21)13-25-14-18(22)12-24-20-10-6-4-8-16(20)2/h3-10,17-18H,11-14H2,1-2H3. The molecule has 0 aliphatic carbocycles. The van der Waals surface area contributed by atoms with Crippen molar-refractivity contribution < 1.29 is 9.47 Å². The second-order valence-corrected chi connectivity index (χ2v) is 8.19. The normalized spacial score (nSPS) is 13.3. The molecule has 5 heteroatoms. The largest absolute Gasteiger partial charge is 0.492 e. The maximum atomic E-state index is 6.34. The van der Waals surface area contributed by atoms with Gasteiger partial charge in [-0.15, -0.1) is 23.2 Å². The van der Waals surface area contributed by atoms with Crippen molar-refractivity contribution in [3.05, 3.63) is 59.7 Å². The molecule has 2 rings (SSSR count). The highest BCUT2D eigenvalue weighted by Gasteiger charge is 2.11. The number of para-hydroxylation sites is 2. The van der Waals surface area contributed by atoms with Crippen LogP contribution in [0, 0.1) is 13.8 Å². The number of ether oxygens (including phenoxy) is 2. The molecule has 2 atom stereocenters. The smallest absolute Gasteiger partial charge is 0.122 e. The quantitative estimate of drug-likeness (QED) is 0.477. The van der Waals surface area contributed by atoms with Crippen LogP contribution >= 0.6 is 35.0 Å². The highest BCUT2D eigenvalue weighted by atomic mass is 35.5. The van der Waals surface area contributed by atoms with E-state index in [0.717, 1.165) is 34.1 Å². The van der Waals surface area contributed by atoms with Gasteiger partial charge in [0.15, 0.2) is 0 Å². The molecule has 0 spiro atoms. The van der Waals surface area contributed by atoms with Crippen LogP contribution in [0.25, 0.3) is 0 Å². The summed E-state index contributed by atoms with van der Waals surface area (Å²) in [5.41, 5.74) is 2.24. The Morgan fingerprint density at radius 1 is 0.760 bits per heavy atom. The average molecular weight is 399 g/mol. The van der Waals surface area contributed by atoms with Crippen molar-refractivity contribution in [1.82, 2.24) is 0 Å². The van der Waals surface area contributed by atoms with Crippen molar-refractivity contribution in [3.63, 3.8) is 0 Å². The first-order valence-electron chi connectivity index (χ1n) is 8.29. The zero-order valence-electron chi connectivity index (χ0n) is 14.6. The molecule has 0 aliphatic heterocycles. The fraction of sp³-hybridized carbons (Fsp3) is 0.400. The van der Waals surface area contributed by atoms with Crippen LogP contribution in [0.4, 0.5) is 0 Å². The summed E-state index contributed by atoms with van der Waals surface area (Å²) < 4.78 is 11.5. The molecule has 2 aromatic rings. The molecule has 2 aromatic carbocycles. The van der Waals surface area contributed by atoms with Crippen molar-refractivity contribution in [3.8, 4) is 11.5 Å². The molecule has 0 radical (unpaired) electrons. The Labute approximate surface area is 164 Å². The van der Waals surface area contributed by atoms with E-state index in [-0.39, 0.29) is 10.8 Å². The van der Waals surface area contributed by atoms with Gasteiger partial charge in [-0.05, 0) is 37.1 Å². The van der Waals surface area contributed by atoms with Crippen LogP contribution in [0.15, 0.2) is 48.5 Å². The third-order valence-electron chi connectivity index (χ3n) is 3.62. The highest BCUT2D eigenvalue weighted by molar-refractivity contribution is 7.99. The number of hydrogen-bond donors (Lipinski definition) is 0. The average Bonchev–Trinajstić information content (AvgIpc) is 2.60. The minimum atomic E-state index is -0.0502. The van der Waals surface area contributed by atoms with E-state index >= 15 is 0 Å². The molecule has 0 heterocycles. The minimum Gasteiger partial charge on any atom is -0.492 e. The summed E-state index contributed by atoms with van der Waals surface area (Å²) in [5, 5.41) is -0.100. The Morgan fingerprint density at radius 2 is 1.16 bits per heavy atom. The number of alkyl halides is 2. The summed E-state index contributed by atoms with van der Waals surface area (Å²) in [6.07, 6.45) is 0. The van der Waals surface area contributed by atoms with Crippen LogP contribution in [-0.4, -0.2) is 35.5 Å². The van der Waals surface area contributed by atoms with Crippen LogP contribution < -0.4 is 9.47 Å². The Morgan fingerprint density at radius 3 is 1.56 bits per heavy atom. The van der Waals surface area contributed by atoms with Gasteiger partial charge in [0, 0.05) is 11.5 Å². The van der Waals surface area contributed by atoms with Crippen molar-refractivity contribution in [2.45, 2.75) is 24.6 Å². The molecule has 0 saturated carbocycles. The molecular formula is C20H24Cl2O2S. The van der Waals surface area contributed by atoms with E-state index in [4.69, 9.17) is 32.7 Å². The third-order valence-corrected chi connectivity index (χ3v) is 5.83. The molecule has 0 saturated heterocycles. The lowest BCUT2D eigenvalue weighted by Crippen LogP contribution is -2.18. The topological polar surface area (TPSA) is 18.5 Å². The molecule has 0 fully saturated rings. The molecule has 0 aliphatic rings.